The first-order valence-corrected chi connectivity index (χ1v) is 10.9. The predicted octanol–water partition coefficient (Wildman–Crippen LogP) is 3.94. The Bertz CT molecular complexity index is 1290. The number of para-hydroxylation sites is 1. The van der Waals surface area contributed by atoms with Crippen LogP contribution in [0.4, 0.5) is 0 Å². The summed E-state index contributed by atoms with van der Waals surface area (Å²) in [5.74, 6) is -0.0726. The summed E-state index contributed by atoms with van der Waals surface area (Å²) in [6, 6.07) is 17.6. The van der Waals surface area contributed by atoms with Gasteiger partial charge < -0.3 is 4.90 Å². The van der Waals surface area contributed by atoms with Gasteiger partial charge in [0.25, 0.3) is 5.56 Å². The molecule has 2 aromatic heterocycles. The van der Waals surface area contributed by atoms with Gasteiger partial charge in [0.15, 0.2) is 0 Å². The lowest BCUT2D eigenvalue weighted by Gasteiger charge is -2.36. The summed E-state index contributed by atoms with van der Waals surface area (Å²) in [7, 11) is 0. The number of rotatable bonds is 3. The molecular formula is C24H21N3O2S. The SMILES string of the molecule is Cc1cccc2c(=O)n(CC(=O)N3CCc4sccc4C3c3ccccc3)cnc12. The highest BCUT2D eigenvalue weighted by atomic mass is 32.1. The van der Waals surface area contributed by atoms with Crippen molar-refractivity contribution in [2.75, 3.05) is 6.54 Å². The second kappa shape index (κ2) is 7.54. The fourth-order valence-electron chi connectivity index (χ4n) is 4.27. The fourth-order valence-corrected chi connectivity index (χ4v) is 5.17. The molecule has 150 valence electrons. The number of benzene rings is 2. The third kappa shape index (κ3) is 3.13. The van der Waals surface area contributed by atoms with Crippen molar-refractivity contribution >= 4 is 28.1 Å². The Labute approximate surface area is 178 Å². The van der Waals surface area contributed by atoms with Crippen molar-refractivity contribution in [2.45, 2.75) is 25.9 Å². The third-order valence-corrected chi connectivity index (χ3v) is 6.76. The Hall–Kier alpha value is -3.25. The minimum atomic E-state index is -0.179. The lowest BCUT2D eigenvalue weighted by Crippen LogP contribution is -2.43. The minimum absolute atomic E-state index is 0.0154. The van der Waals surface area contributed by atoms with Gasteiger partial charge in [-0.2, -0.15) is 0 Å². The van der Waals surface area contributed by atoms with Gasteiger partial charge in [-0.05, 0) is 47.5 Å². The largest absolute Gasteiger partial charge is 0.330 e. The minimum Gasteiger partial charge on any atom is -0.330 e. The molecule has 0 N–H and O–H groups in total. The van der Waals surface area contributed by atoms with E-state index in [1.165, 1.54) is 21.3 Å². The van der Waals surface area contributed by atoms with Gasteiger partial charge >= 0.3 is 0 Å². The van der Waals surface area contributed by atoms with Gasteiger partial charge in [0.2, 0.25) is 5.91 Å². The summed E-state index contributed by atoms with van der Waals surface area (Å²) in [4.78, 5) is 34.0. The Morgan fingerprint density at radius 2 is 1.97 bits per heavy atom. The zero-order chi connectivity index (χ0) is 20.7. The van der Waals surface area contributed by atoms with Crippen LogP contribution in [0.2, 0.25) is 0 Å². The van der Waals surface area contributed by atoms with E-state index in [9.17, 15) is 9.59 Å². The van der Waals surface area contributed by atoms with Gasteiger partial charge in [0.1, 0.15) is 6.54 Å². The highest BCUT2D eigenvalue weighted by molar-refractivity contribution is 7.10. The van der Waals surface area contributed by atoms with Crippen molar-refractivity contribution in [3.05, 3.63) is 98.2 Å². The summed E-state index contributed by atoms with van der Waals surface area (Å²) in [5, 5.41) is 2.64. The van der Waals surface area contributed by atoms with Crippen LogP contribution in [0.3, 0.4) is 0 Å². The maximum Gasteiger partial charge on any atom is 0.261 e. The number of fused-ring (bicyclic) bond motifs is 2. The smallest absolute Gasteiger partial charge is 0.261 e. The number of aryl methyl sites for hydroxylation is 1. The van der Waals surface area contributed by atoms with Gasteiger partial charge in [-0.25, -0.2) is 4.98 Å². The lowest BCUT2D eigenvalue weighted by molar-refractivity contribution is -0.134. The van der Waals surface area contributed by atoms with E-state index in [1.54, 1.807) is 17.4 Å². The number of thiophene rings is 1. The maximum atomic E-state index is 13.4. The topological polar surface area (TPSA) is 55.2 Å². The van der Waals surface area contributed by atoms with Crippen molar-refractivity contribution in [3.63, 3.8) is 0 Å². The van der Waals surface area contributed by atoms with Crippen molar-refractivity contribution in [1.29, 1.82) is 0 Å². The number of nitrogens with zero attached hydrogens (tertiary/aromatic N) is 3. The highest BCUT2D eigenvalue weighted by Gasteiger charge is 2.32. The average Bonchev–Trinajstić information content (AvgIpc) is 3.25. The van der Waals surface area contributed by atoms with E-state index in [0.29, 0.717) is 17.4 Å². The molecule has 3 heterocycles. The molecule has 6 heteroatoms. The first-order chi connectivity index (χ1) is 14.6. The molecule has 4 aromatic rings. The van der Waals surface area contributed by atoms with E-state index in [2.05, 4.69) is 28.6 Å². The van der Waals surface area contributed by atoms with Crippen LogP contribution in [-0.4, -0.2) is 26.9 Å². The van der Waals surface area contributed by atoms with Gasteiger partial charge in [-0.1, -0.05) is 42.5 Å². The molecule has 0 aliphatic carbocycles. The van der Waals surface area contributed by atoms with E-state index < -0.39 is 0 Å². The summed E-state index contributed by atoms with van der Waals surface area (Å²) in [5.41, 5.74) is 3.74. The molecular weight excluding hydrogens is 394 g/mol. The zero-order valence-electron chi connectivity index (χ0n) is 16.6. The predicted molar refractivity (Wildman–Crippen MR) is 119 cm³/mol. The number of carbonyl (C=O) groups is 1. The van der Waals surface area contributed by atoms with Gasteiger partial charge in [-0.3, -0.25) is 14.2 Å². The molecule has 0 spiro atoms. The molecule has 0 saturated heterocycles. The van der Waals surface area contributed by atoms with E-state index in [4.69, 9.17) is 0 Å². The quantitative estimate of drug-likeness (QED) is 0.509. The van der Waals surface area contributed by atoms with E-state index in [1.807, 2.05) is 42.2 Å². The molecule has 1 aliphatic rings. The maximum absolute atomic E-state index is 13.4. The molecule has 5 rings (SSSR count). The van der Waals surface area contributed by atoms with E-state index >= 15 is 0 Å². The van der Waals surface area contributed by atoms with Crippen molar-refractivity contribution in [2.24, 2.45) is 0 Å². The normalized spacial score (nSPS) is 15.9. The number of aromatic nitrogens is 2. The fraction of sp³-hybridized carbons (Fsp3) is 0.208. The Balaban J connectivity index is 1.51. The molecule has 30 heavy (non-hydrogen) atoms. The molecule has 0 fully saturated rings. The van der Waals surface area contributed by atoms with Crippen LogP contribution in [0.15, 0.2) is 71.1 Å². The van der Waals surface area contributed by atoms with Crippen LogP contribution in [0.5, 0.6) is 0 Å². The van der Waals surface area contributed by atoms with Crippen LogP contribution in [0, 0.1) is 6.92 Å². The molecule has 1 amide bonds. The Morgan fingerprint density at radius 1 is 1.13 bits per heavy atom. The van der Waals surface area contributed by atoms with E-state index in [0.717, 1.165) is 17.5 Å². The molecule has 1 aliphatic heterocycles. The molecule has 1 unspecified atom stereocenters. The number of hydrogen-bond donors (Lipinski definition) is 0. The first kappa shape index (κ1) is 18.8. The van der Waals surface area contributed by atoms with Crippen LogP contribution in [0.1, 0.15) is 27.6 Å². The van der Waals surface area contributed by atoms with Crippen LogP contribution < -0.4 is 5.56 Å². The molecule has 0 saturated carbocycles. The van der Waals surface area contributed by atoms with Crippen LogP contribution >= 0.6 is 11.3 Å². The summed E-state index contributed by atoms with van der Waals surface area (Å²) < 4.78 is 1.43. The van der Waals surface area contributed by atoms with Crippen LogP contribution in [-0.2, 0) is 17.8 Å². The highest BCUT2D eigenvalue weighted by Crippen LogP contribution is 2.37. The second-order valence-electron chi connectivity index (χ2n) is 7.60. The molecule has 1 atom stereocenters. The summed E-state index contributed by atoms with van der Waals surface area (Å²) in [6.07, 6.45) is 2.33. The molecule has 2 aromatic carbocycles. The van der Waals surface area contributed by atoms with Gasteiger partial charge in [0.05, 0.1) is 23.3 Å². The van der Waals surface area contributed by atoms with Crippen molar-refractivity contribution in [1.82, 2.24) is 14.5 Å². The Morgan fingerprint density at radius 3 is 2.80 bits per heavy atom. The lowest BCUT2D eigenvalue weighted by atomic mass is 9.93. The first-order valence-electron chi connectivity index (χ1n) is 9.99. The molecule has 0 bridgehead atoms. The average molecular weight is 416 g/mol. The summed E-state index contributed by atoms with van der Waals surface area (Å²) >= 11 is 1.74. The third-order valence-electron chi connectivity index (χ3n) is 5.76. The molecule has 5 nitrogen and oxygen atoms in total. The number of amides is 1. The molecule has 0 radical (unpaired) electrons. The second-order valence-corrected chi connectivity index (χ2v) is 8.60. The van der Waals surface area contributed by atoms with Gasteiger partial charge in [0, 0.05) is 11.4 Å². The van der Waals surface area contributed by atoms with Crippen molar-refractivity contribution < 1.29 is 4.79 Å². The number of carbonyl (C=O) groups excluding carboxylic acids is 1. The zero-order valence-corrected chi connectivity index (χ0v) is 17.4. The van der Waals surface area contributed by atoms with Gasteiger partial charge in [-0.15, -0.1) is 11.3 Å². The monoisotopic (exact) mass is 415 g/mol. The number of hydrogen-bond acceptors (Lipinski definition) is 4. The summed E-state index contributed by atoms with van der Waals surface area (Å²) in [6.45, 7) is 2.56. The van der Waals surface area contributed by atoms with E-state index in [-0.39, 0.29) is 24.1 Å². The van der Waals surface area contributed by atoms with Crippen molar-refractivity contribution in [3.8, 4) is 0 Å². The Kier molecular flexibility index (Phi) is 4.71. The standard InChI is InChI=1S/C24H21N3O2S/c1-16-6-5-9-19-22(16)25-15-26(24(19)29)14-21(28)27-12-10-20-18(11-13-30-20)23(27)17-7-3-2-4-8-17/h2-9,11,13,15,23H,10,12,14H2,1H3. The van der Waals surface area contributed by atoms with Crippen LogP contribution in [0.25, 0.3) is 10.9 Å².